The SMILES string of the molecule is CN1O[C@@H](CNCC(F)F)Cn2nc3c(c2C1=O)CN(C(=O)Nc1ccc(F)c(C(F)(F)F)c1)CC3. The fourth-order valence-electron chi connectivity index (χ4n) is 4.10. The molecule has 0 saturated heterocycles. The second-order valence-electron chi connectivity index (χ2n) is 8.33. The van der Waals surface area contributed by atoms with Gasteiger partial charge in [-0.05, 0) is 18.2 Å². The van der Waals surface area contributed by atoms with E-state index in [1.54, 1.807) is 0 Å². The van der Waals surface area contributed by atoms with Crippen molar-refractivity contribution >= 4 is 17.6 Å². The van der Waals surface area contributed by atoms with Gasteiger partial charge in [0.15, 0.2) is 0 Å². The lowest BCUT2D eigenvalue weighted by molar-refractivity contribution is -0.146. The van der Waals surface area contributed by atoms with Crippen molar-refractivity contribution in [2.75, 3.05) is 32.0 Å². The number of amides is 3. The number of hydrogen-bond acceptors (Lipinski definition) is 5. The Kier molecular flexibility index (Phi) is 7.13. The van der Waals surface area contributed by atoms with Gasteiger partial charge in [-0.3, -0.25) is 14.3 Å². The number of hydrogen-bond donors (Lipinski definition) is 2. The summed E-state index contributed by atoms with van der Waals surface area (Å²) in [4.78, 5) is 32.6. The Balaban J connectivity index is 1.50. The summed E-state index contributed by atoms with van der Waals surface area (Å²) in [6, 6.07) is 1.40. The summed E-state index contributed by atoms with van der Waals surface area (Å²) in [6.45, 7) is -0.294. The molecule has 0 saturated carbocycles. The van der Waals surface area contributed by atoms with Crippen LogP contribution >= 0.6 is 0 Å². The van der Waals surface area contributed by atoms with Crippen LogP contribution in [0, 0.1) is 5.82 Å². The topological polar surface area (TPSA) is 91.7 Å². The number of carbonyl (C=O) groups excluding carboxylic acids is 2. The number of fused-ring (bicyclic) bond motifs is 3. The molecule has 2 N–H and O–H groups in total. The average Bonchev–Trinajstić information content (AvgIpc) is 3.10. The molecule has 9 nitrogen and oxygen atoms in total. The van der Waals surface area contributed by atoms with Gasteiger partial charge in [0, 0.05) is 37.8 Å². The van der Waals surface area contributed by atoms with Crippen LogP contribution in [0.3, 0.4) is 0 Å². The first kappa shape index (κ1) is 25.8. The lowest BCUT2D eigenvalue weighted by Crippen LogP contribution is -2.40. The Morgan fingerprint density at radius 3 is 2.75 bits per heavy atom. The molecule has 0 fully saturated rings. The number of urea groups is 1. The molecule has 3 amide bonds. The van der Waals surface area contributed by atoms with Crippen molar-refractivity contribution in [3.05, 3.63) is 46.5 Å². The lowest BCUT2D eigenvalue weighted by atomic mass is 10.1. The van der Waals surface area contributed by atoms with E-state index in [9.17, 15) is 35.9 Å². The Morgan fingerprint density at radius 1 is 1.31 bits per heavy atom. The third-order valence-corrected chi connectivity index (χ3v) is 5.75. The predicted molar refractivity (Wildman–Crippen MR) is 113 cm³/mol. The number of benzene rings is 1. The molecule has 2 aromatic rings. The van der Waals surface area contributed by atoms with Crippen LogP contribution in [0.4, 0.5) is 36.8 Å². The quantitative estimate of drug-likeness (QED) is 0.592. The van der Waals surface area contributed by atoms with Crippen LogP contribution in [-0.4, -0.2) is 70.9 Å². The highest BCUT2D eigenvalue weighted by Crippen LogP contribution is 2.33. The van der Waals surface area contributed by atoms with Crippen molar-refractivity contribution < 1.29 is 40.8 Å². The van der Waals surface area contributed by atoms with Gasteiger partial charge in [0.25, 0.3) is 12.3 Å². The summed E-state index contributed by atoms with van der Waals surface area (Å²) < 4.78 is 78.8. The van der Waals surface area contributed by atoms with Crippen LogP contribution < -0.4 is 10.6 Å². The first-order chi connectivity index (χ1) is 16.9. The van der Waals surface area contributed by atoms with Crippen LogP contribution in [0.25, 0.3) is 0 Å². The van der Waals surface area contributed by atoms with Gasteiger partial charge in [-0.1, -0.05) is 0 Å². The van der Waals surface area contributed by atoms with E-state index < -0.39 is 48.6 Å². The summed E-state index contributed by atoms with van der Waals surface area (Å²) in [5.74, 6) is -2.01. The second-order valence-corrected chi connectivity index (χ2v) is 8.33. The van der Waals surface area contributed by atoms with E-state index in [0.717, 1.165) is 11.1 Å². The Labute approximate surface area is 200 Å². The summed E-state index contributed by atoms with van der Waals surface area (Å²) >= 11 is 0. The molecule has 15 heteroatoms. The molecule has 36 heavy (non-hydrogen) atoms. The molecule has 2 aliphatic rings. The number of nitrogens with zero attached hydrogens (tertiary/aromatic N) is 4. The standard InChI is InChI=1S/C21H22F6N6O3/c1-31-19(34)18-13-10-32(20(35)29-11-2-3-15(22)14(6-11)21(25,26)27)5-4-16(13)30-33(18)9-12(36-31)7-28-8-17(23)24/h2-3,6,12,17,28H,4-5,7-10H2,1H3,(H,29,35)/t12-/m0/s1. The van der Waals surface area contributed by atoms with Gasteiger partial charge in [-0.25, -0.2) is 23.0 Å². The van der Waals surface area contributed by atoms with Gasteiger partial charge >= 0.3 is 12.2 Å². The smallest absolute Gasteiger partial charge is 0.320 e. The van der Waals surface area contributed by atoms with Crippen molar-refractivity contribution in [3.8, 4) is 0 Å². The van der Waals surface area contributed by atoms with E-state index in [2.05, 4.69) is 15.7 Å². The molecule has 1 aromatic carbocycles. The minimum absolute atomic E-state index is 0.0397. The Hall–Kier alpha value is -3.33. The highest BCUT2D eigenvalue weighted by Gasteiger charge is 2.36. The molecule has 0 aliphatic carbocycles. The third kappa shape index (κ3) is 5.41. The fraction of sp³-hybridized carbons (Fsp3) is 0.476. The number of alkyl halides is 5. The van der Waals surface area contributed by atoms with Crippen molar-refractivity contribution in [1.29, 1.82) is 0 Å². The minimum Gasteiger partial charge on any atom is -0.320 e. The first-order valence-electron chi connectivity index (χ1n) is 10.9. The Morgan fingerprint density at radius 2 is 2.06 bits per heavy atom. The maximum absolute atomic E-state index is 13.5. The molecule has 0 bridgehead atoms. The van der Waals surface area contributed by atoms with Crippen molar-refractivity contribution in [2.45, 2.75) is 38.2 Å². The number of halogens is 6. The van der Waals surface area contributed by atoms with E-state index in [0.29, 0.717) is 23.4 Å². The average molecular weight is 520 g/mol. The summed E-state index contributed by atoms with van der Waals surface area (Å²) in [5.41, 5.74) is -0.556. The van der Waals surface area contributed by atoms with Gasteiger partial charge in [0.1, 0.15) is 17.6 Å². The van der Waals surface area contributed by atoms with Crippen LogP contribution in [0.2, 0.25) is 0 Å². The Bertz CT molecular complexity index is 1150. The van der Waals surface area contributed by atoms with Crippen LogP contribution in [0.1, 0.15) is 27.3 Å². The lowest BCUT2D eigenvalue weighted by Gasteiger charge is -2.27. The van der Waals surface area contributed by atoms with E-state index in [1.165, 1.54) is 16.6 Å². The van der Waals surface area contributed by atoms with E-state index >= 15 is 0 Å². The summed E-state index contributed by atoms with van der Waals surface area (Å²) in [6.07, 6.45) is -7.87. The molecule has 0 spiro atoms. The van der Waals surface area contributed by atoms with Crippen LogP contribution in [-0.2, 0) is 30.5 Å². The number of rotatable bonds is 5. The molecule has 1 aromatic heterocycles. The third-order valence-electron chi connectivity index (χ3n) is 5.75. The van der Waals surface area contributed by atoms with Crippen molar-refractivity contribution in [3.63, 3.8) is 0 Å². The zero-order valence-electron chi connectivity index (χ0n) is 18.9. The summed E-state index contributed by atoms with van der Waals surface area (Å²) in [5, 5.41) is 10.3. The number of aromatic nitrogens is 2. The second kappa shape index (κ2) is 9.97. The molecular weight excluding hydrogens is 498 g/mol. The van der Waals surface area contributed by atoms with Gasteiger partial charge in [-0.15, -0.1) is 0 Å². The molecule has 2 aliphatic heterocycles. The maximum atomic E-state index is 13.5. The number of nitrogens with one attached hydrogen (secondary N) is 2. The van der Waals surface area contributed by atoms with Gasteiger partial charge in [0.05, 0.1) is 30.9 Å². The molecule has 196 valence electrons. The van der Waals surface area contributed by atoms with Crippen LogP contribution in [0.15, 0.2) is 18.2 Å². The zero-order valence-corrected chi connectivity index (χ0v) is 18.9. The van der Waals surface area contributed by atoms with Crippen molar-refractivity contribution in [2.24, 2.45) is 0 Å². The minimum atomic E-state index is -4.93. The monoisotopic (exact) mass is 520 g/mol. The molecule has 4 rings (SSSR count). The predicted octanol–water partition coefficient (Wildman–Crippen LogP) is 2.87. The van der Waals surface area contributed by atoms with Gasteiger partial charge in [0.2, 0.25) is 0 Å². The number of anilines is 1. The van der Waals surface area contributed by atoms with Crippen LogP contribution in [0.5, 0.6) is 0 Å². The normalized spacial score (nSPS) is 18.2. The van der Waals surface area contributed by atoms with E-state index in [4.69, 9.17) is 4.84 Å². The first-order valence-corrected chi connectivity index (χ1v) is 10.9. The highest BCUT2D eigenvalue weighted by molar-refractivity contribution is 5.94. The highest BCUT2D eigenvalue weighted by atomic mass is 19.4. The zero-order chi connectivity index (χ0) is 26.2. The van der Waals surface area contributed by atoms with Gasteiger partial charge < -0.3 is 15.5 Å². The van der Waals surface area contributed by atoms with Gasteiger partial charge in [-0.2, -0.15) is 18.3 Å². The summed E-state index contributed by atoms with van der Waals surface area (Å²) in [7, 11) is 1.37. The largest absolute Gasteiger partial charge is 0.419 e. The van der Waals surface area contributed by atoms with E-state index in [1.807, 2.05) is 0 Å². The molecule has 3 heterocycles. The van der Waals surface area contributed by atoms with Crippen molar-refractivity contribution in [1.82, 2.24) is 25.1 Å². The number of hydroxylamine groups is 2. The maximum Gasteiger partial charge on any atom is 0.419 e. The number of carbonyl (C=O) groups is 2. The molecule has 0 radical (unpaired) electrons. The molecular formula is C21H22F6N6O3. The van der Waals surface area contributed by atoms with E-state index in [-0.39, 0.29) is 44.0 Å². The fourth-order valence-corrected chi connectivity index (χ4v) is 4.10. The molecule has 0 unspecified atom stereocenters. The molecule has 1 atom stereocenters.